The molecule has 0 unspecified atom stereocenters. The summed E-state index contributed by atoms with van der Waals surface area (Å²) in [5.74, 6) is 0.731. The molecule has 3 rings (SSSR count). The summed E-state index contributed by atoms with van der Waals surface area (Å²) in [6, 6.07) is 8.33. The van der Waals surface area contributed by atoms with Gasteiger partial charge in [-0.1, -0.05) is 40.5 Å². The number of hydrogen-bond acceptors (Lipinski definition) is 2. The van der Waals surface area contributed by atoms with Gasteiger partial charge in [0.05, 0.1) is 10.7 Å². The highest BCUT2D eigenvalue weighted by molar-refractivity contribution is 9.10. The molecule has 0 N–H and O–H groups in total. The highest BCUT2D eigenvalue weighted by atomic mass is 79.9. The van der Waals surface area contributed by atoms with Crippen molar-refractivity contribution in [1.29, 1.82) is 0 Å². The molecule has 0 bridgehead atoms. The predicted octanol–water partition coefficient (Wildman–Crippen LogP) is 5.15. The lowest BCUT2D eigenvalue weighted by Crippen LogP contribution is -2.07. The molecule has 1 saturated carbocycles. The van der Waals surface area contributed by atoms with Crippen LogP contribution in [0, 0.1) is 6.92 Å². The van der Waals surface area contributed by atoms with Gasteiger partial charge in [0, 0.05) is 20.8 Å². The standard InChI is InChI=1S/C14H14BrNS/c1-9-13(11-7-2-3-8-12(11)15)16-14(17-9)10-5-4-6-10/h2-3,7-8,10H,4-6H2,1H3. The van der Waals surface area contributed by atoms with E-state index in [1.54, 1.807) is 0 Å². The highest BCUT2D eigenvalue weighted by Crippen LogP contribution is 2.41. The maximum absolute atomic E-state index is 4.85. The lowest BCUT2D eigenvalue weighted by Gasteiger charge is -2.22. The maximum atomic E-state index is 4.85. The Morgan fingerprint density at radius 1 is 1.29 bits per heavy atom. The molecular weight excluding hydrogens is 294 g/mol. The third-order valence-corrected chi connectivity index (χ3v) is 5.22. The number of halogens is 1. The molecule has 0 saturated heterocycles. The van der Waals surface area contributed by atoms with Gasteiger partial charge in [-0.05, 0) is 25.8 Å². The topological polar surface area (TPSA) is 12.9 Å². The second-order valence-electron chi connectivity index (χ2n) is 4.56. The Kier molecular flexibility index (Phi) is 3.05. The first-order valence-corrected chi connectivity index (χ1v) is 7.59. The van der Waals surface area contributed by atoms with E-state index < -0.39 is 0 Å². The lowest BCUT2D eigenvalue weighted by molar-refractivity contribution is 0.418. The van der Waals surface area contributed by atoms with Crippen LogP contribution in [0.3, 0.4) is 0 Å². The number of aromatic nitrogens is 1. The first-order valence-electron chi connectivity index (χ1n) is 5.98. The SMILES string of the molecule is Cc1sc(C2CCC2)nc1-c1ccccc1Br. The molecule has 1 aromatic heterocycles. The van der Waals surface area contributed by atoms with Gasteiger partial charge >= 0.3 is 0 Å². The molecule has 0 aliphatic heterocycles. The predicted molar refractivity (Wildman–Crippen MR) is 76.6 cm³/mol. The molecule has 0 radical (unpaired) electrons. The van der Waals surface area contributed by atoms with Crippen LogP contribution in [0.2, 0.25) is 0 Å². The molecule has 0 amide bonds. The first kappa shape index (κ1) is 11.4. The molecule has 1 fully saturated rings. The molecule has 0 atom stereocenters. The van der Waals surface area contributed by atoms with Crippen molar-refractivity contribution in [2.75, 3.05) is 0 Å². The molecule has 88 valence electrons. The van der Waals surface area contributed by atoms with Gasteiger partial charge in [0.2, 0.25) is 0 Å². The van der Waals surface area contributed by atoms with Crippen LogP contribution in [-0.2, 0) is 0 Å². The van der Waals surface area contributed by atoms with Crippen LogP contribution in [0.1, 0.15) is 35.1 Å². The van der Waals surface area contributed by atoms with Crippen molar-refractivity contribution in [2.24, 2.45) is 0 Å². The van der Waals surface area contributed by atoms with Gasteiger partial charge in [-0.25, -0.2) is 4.98 Å². The summed E-state index contributed by atoms with van der Waals surface area (Å²) in [6.45, 7) is 2.18. The molecule has 1 aliphatic rings. The Hall–Kier alpha value is -0.670. The van der Waals surface area contributed by atoms with E-state index in [0.29, 0.717) is 0 Å². The fraction of sp³-hybridized carbons (Fsp3) is 0.357. The largest absolute Gasteiger partial charge is 0.241 e. The summed E-state index contributed by atoms with van der Waals surface area (Å²) < 4.78 is 1.13. The van der Waals surface area contributed by atoms with E-state index in [1.807, 2.05) is 17.4 Å². The Labute approximate surface area is 114 Å². The minimum atomic E-state index is 0.731. The van der Waals surface area contributed by atoms with Gasteiger partial charge in [-0.2, -0.15) is 0 Å². The summed E-state index contributed by atoms with van der Waals surface area (Å²) in [7, 11) is 0. The van der Waals surface area contributed by atoms with E-state index in [1.165, 1.54) is 34.7 Å². The van der Waals surface area contributed by atoms with Crippen molar-refractivity contribution in [3.8, 4) is 11.3 Å². The summed E-state index contributed by atoms with van der Waals surface area (Å²) in [5.41, 5.74) is 2.37. The minimum absolute atomic E-state index is 0.731. The second-order valence-corrected chi connectivity index (χ2v) is 6.65. The third-order valence-electron chi connectivity index (χ3n) is 3.40. The van der Waals surface area contributed by atoms with E-state index in [4.69, 9.17) is 4.98 Å². The van der Waals surface area contributed by atoms with Crippen LogP contribution >= 0.6 is 27.3 Å². The maximum Gasteiger partial charge on any atom is 0.0966 e. The van der Waals surface area contributed by atoms with Crippen molar-refractivity contribution < 1.29 is 0 Å². The Morgan fingerprint density at radius 3 is 2.71 bits per heavy atom. The van der Waals surface area contributed by atoms with Gasteiger partial charge in [0.25, 0.3) is 0 Å². The van der Waals surface area contributed by atoms with E-state index in [2.05, 4.69) is 41.1 Å². The van der Waals surface area contributed by atoms with Gasteiger partial charge in [0.1, 0.15) is 0 Å². The lowest BCUT2D eigenvalue weighted by atomic mass is 9.86. The second kappa shape index (κ2) is 4.54. The van der Waals surface area contributed by atoms with Crippen LogP contribution in [0.15, 0.2) is 28.7 Å². The van der Waals surface area contributed by atoms with E-state index >= 15 is 0 Å². The van der Waals surface area contributed by atoms with Crippen molar-refractivity contribution in [2.45, 2.75) is 32.1 Å². The highest BCUT2D eigenvalue weighted by Gasteiger charge is 2.24. The van der Waals surface area contributed by atoms with Gasteiger partial charge in [-0.15, -0.1) is 11.3 Å². The number of thiazole rings is 1. The van der Waals surface area contributed by atoms with Crippen molar-refractivity contribution in [1.82, 2.24) is 4.98 Å². The van der Waals surface area contributed by atoms with Crippen LogP contribution in [0.25, 0.3) is 11.3 Å². The van der Waals surface area contributed by atoms with Crippen LogP contribution in [-0.4, -0.2) is 4.98 Å². The molecule has 1 aliphatic carbocycles. The number of benzene rings is 1. The zero-order chi connectivity index (χ0) is 11.8. The number of hydrogen-bond donors (Lipinski definition) is 0. The van der Waals surface area contributed by atoms with Crippen LogP contribution in [0.4, 0.5) is 0 Å². The van der Waals surface area contributed by atoms with Crippen molar-refractivity contribution in [3.63, 3.8) is 0 Å². The van der Waals surface area contributed by atoms with Crippen molar-refractivity contribution >= 4 is 27.3 Å². The summed E-state index contributed by atoms with van der Waals surface area (Å²) >= 11 is 5.48. The smallest absolute Gasteiger partial charge is 0.0966 e. The average Bonchev–Trinajstić information content (AvgIpc) is 2.58. The molecular formula is C14H14BrNS. The summed E-state index contributed by atoms with van der Waals surface area (Å²) in [6.07, 6.45) is 4.01. The van der Waals surface area contributed by atoms with E-state index in [0.717, 1.165) is 16.1 Å². The number of rotatable bonds is 2. The molecule has 0 spiro atoms. The molecule has 1 nitrogen and oxygen atoms in total. The van der Waals surface area contributed by atoms with E-state index in [9.17, 15) is 0 Å². The van der Waals surface area contributed by atoms with Crippen LogP contribution in [0.5, 0.6) is 0 Å². The Bertz CT molecular complexity index is 543. The fourth-order valence-electron chi connectivity index (χ4n) is 2.15. The minimum Gasteiger partial charge on any atom is -0.241 e. The Morgan fingerprint density at radius 2 is 2.06 bits per heavy atom. The van der Waals surface area contributed by atoms with Gasteiger partial charge in [0.15, 0.2) is 0 Å². The fourth-order valence-corrected chi connectivity index (χ4v) is 3.73. The van der Waals surface area contributed by atoms with Crippen molar-refractivity contribution in [3.05, 3.63) is 38.6 Å². The quantitative estimate of drug-likeness (QED) is 0.748. The van der Waals surface area contributed by atoms with E-state index in [-0.39, 0.29) is 0 Å². The van der Waals surface area contributed by atoms with Crippen LogP contribution < -0.4 is 0 Å². The zero-order valence-electron chi connectivity index (χ0n) is 9.74. The number of nitrogens with zero attached hydrogens (tertiary/aromatic N) is 1. The summed E-state index contributed by atoms with van der Waals surface area (Å²) in [5, 5.41) is 1.33. The normalized spacial score (nSPS) is 15.9. The zero-order valence-corrected chi connectivity index (χ0v) is 12.1. The molecule has 17 heavy (non-hydrogen) atoms. The molecule has 2 aromatic rings. The van der Waals surface area contributed by atoms with Gasteiger partial charge in [-0.3, -0.25) is 0 Å². The monoisotopic (exact) mass is 307 g/mol. The summed E-state index contributed by atoms with van der Waals surface area (Å²) in [4.78, 5) is 6.18. The molecule has 3 heteroatoms. The Balaban J connectivity index is 2.03. The molecule has 1 heterocycles. The average molecular weight is 308 g/mol. The molecule has 1 aromatic carbocycles. The first-order chi connectivity index (χ1) is 8.25. The number of aryl methyl sites for hydroxylation is 1. The van der Waals surface area contributed by atoms with Gasteiger partial charge < -0.3 is 0 Å². The third kappa shape index (κ3) is 2.06.